The lowest BCUT2D eigenvalue weighted by atomic mass is 10.2. The SMILES string of the molecule is O=C(c1cc(Cl)ccc1Cl)n1c(=S)[nH]c2c(Cl)cc(Cl)cc2c1=O. The number of benzene rings is 2. The summed E-state index contributed by atoms with van der Waals surface area (Å²) in [5, 5.41) is 1.07. The third-order valence-electron chi connectivity index (χ3n) is 3.29. The first-order valence-electron chi connectivity index (χ1n) is 6.43. The lowest BCUT2D eigenvalue weighted by molar-refractivity contribution is 0.0954. The van der Waals surface area contributed by atoms with Crippen molar-refractivity contribution in [2.75, 3.05) is 0 Å². The number of nitrogens with one attached hydrogen (secondary N) is 1. The second-order valence-electron chi connectivity index (χ2n) is 4.81. The van der Waals surface area contributed by atoms with E-state index in [2.05, 4.69) is 4.98 Å². The van der Waals surface area contributed by atoms with Gasteiger partial charge in [-0.1, -0.05) is 46.4 Å². The molecule has 0 saturated carbocycles. The Bertz CT molecular complexity index is 1120. The minimum absolute atomic E-state index is 0.0539. The molecule has 9 heteroatoms. The van der Waals surface area contributed by atoms with Crippen LogP contribution in [0.1, 0.15) is 10.4 Å². The molecule has 0 bridgehead atoms. The molecular weight excluding hydrogens is 414 g/mol. The van der Waals surface area contributed by atoms with Crippen LogP contribution in [0.15, 0.2) is 35.1 Å². The molecule has 122 valence electrons. The summed E-state index contributed by atoms with van der Waals surface area (Å²) in [6.07, 6.45) is 0. The zero-order valence-electron chi connectivity index (χ0n) is 11.6. The third-order valence-corrected chi connectivity index (χ3v) is 4.65. The highest BCUT2D eigenvalue weighted by Crippen LogP contribution is 2.25. The molecule has 3 aromatic rings. The molecule has 24 heavy (non-hydrogen) atoms. The number of fused-ring (bicyclic) bond motifs is 1. The maximum absolute atomic E-state index is 12.7. The fourth-order valence-corrected chi connectivity index (χ4v) is 3.39. The van der Waals surface area contributed by atoms with Crippen LogP contribution in [0.3, 0.4) is 0 Å². The highest BCUT2D eigenvalue weighted by atomic mass is 35.5. The molecule has 0 atom stereocenters. The molecule has 0 aliphatic carbocycles. The van der Waals surface area contributed by atoms with Gasteiger partial charge in [-0.25, -0.2) is 4.57 Å². The highest BCUT2D eigenvalue weighted by Gasteiger charge is 2.19. The zero-order valence-corrected chi connectivity index (χ0v) is 15.4. The van der Waals surface area contributed by atoms with Crippen molar-refractivity contribution in [1.29, 1.82) is 0 Å². The van der Waals surface area contributed by atoms with E-state index in [0.717, 1.165) is 4.57 Å². The largest absolute Gasteiger partial charge is 0.330 e. The van der Waals surface area contributed by atoms with Crippen LogP contribution in [0.5, 0.6) is 0 Å². The Morgan fingerprint density at radius 2 is 1.71 bits per heavy atom. The van der Waals surface area contributed by atoms with Crippen molar-refractivity contribution >= 4 is 75.4 Å². The van der Waals surface area contributed by atoms with Gasteiger partial charge in [0.05, 0.1) is 26.5 Å². The van der Waals surface area contributed by atoms with Crippen LogP contribution in [0.4, 0.5) is 0 Å². The molecule has 0 aliphatic heterocycles. The number of rotatable bonds is 1. The normalized spacial score (nSPS) is 11.0. The van der Waals surface area contributed by atoms with Gasteiger partial charge >= 0.3 is 0 Å². The van der Waals surface area contributed by atoms with Gasteiger partial charge < -0.3 is 4.98 Å². The van der Waals surface area contributed by atoms with E-state index in [0.29, 0.717) is 10.5 Å². The molecule has 0 unspecified atom stereocenters. The van der Waals surface area contributed by atoms with Gasteiger partial charge in [0.25, 0.3) is 11.5 Å². The summed E-state index contributed by atoms with van der Waals surface area (Å²) in [6.45, 7) is 0. The summed E-state index contributed by atoms with van der Waals surface area (Å²) >= 11 is 29.1. The molecule has 0 radical (unpaired) electrons. The van der Waals surface area contributed by atoms with Gasteiger partial charge in [0.15, 0.2) is 4.77 Å². The average molecular weight is 420 g/mol. The average Bonchev–Trinajstić information content (AvgIpc) is 2.51. The van der Waals surface area contributed by atoms with Crippen molar-refractivity contribution in [2.24, 2.45) is 0 Å². The van der Waals surface area contributed by atoms with E-state index in [1.54, 1.807) is 0 Å². The summed E-state index contributed by atoms with van der Waals surface area (Å²) < 4.78 is 0.680. The molecule has 4 nitrogen and oxygen atoms in total. The zero-order chi connectivity index (χ0) is 17.6. The molecule has 2 aromatic carbocycles. The van der Waals surface area contributed by atoms with Crippen molar-refractivity contribution in [3.8, 4) is 0 Å². The van der Waals surface area contributed by atoms with E-state index in [9.17, 15) is 9.59 Å². The fourth-order valence-electron chi connectivity index (χ4n) is 2.21. The van der Waals surface area contributed by atoms with Crippen molar-refractivity contribution in [3.63, 3.8) is 0 Å². The Kier molecular flexibility index (Phi) is 4.73. The van der Waals surface area contributed by atoms with Gasteiger partial charge in [0.1, 0.15) is 0 Å². The quantitative estimate of drug-likeness (QED) is 0.540. The van der Waals surface area contributed by atoms with Gasteiger partial charge in [0, 0.05) is 10.0 Å². The molecule has 0 amide bonds. The van der Waals surface area contributed by atoms with Crippen LogP contribution in [0.2, 0.25) is 20.1 Å². The molecule has 3 rings (SSSR count). The second kappa shape index (κ2) is 6.50. The standard InChI is InChI=1S/C15H6Cl4N2O2S/c16-6-1-2-10(18)8(3-6)13(22)21-14(23)9-4-7(17)5-11(19)12(9)20-15(21)24/h1-5H,(H,20,24). The summed E-state index contributed by atoms with van der Waals surface area (Å²) in [6, 6.07) is 7.23. The Morgan fingerprint density at radius 1 is 1.00 bits per heavy atom. The number of H-pyrrole nitrogens is 1. The molecule has 0 fully saturated rings. The Hall–Kier alpha value is -1.37. The Morgan fingerprint density at radius 3 is 2.42 bits per heavy atom. The van der Waals surface area contributed by atoms with Crippen LogP contribution >= 0.6 is 58.6 Å². The summed E-state index contributed by atoms with van der Waals surface area (Å²) in [5.74, 6) is -0.702. The van der Waals surface area contributed by atoms with Crippen LogP contribution in [0, 0.1) is 4.77 Å². The monoisotopic (exact) mass is 418 g/mol. The predicted molar refractivity (Wildman–Crippen MR) is 99.6 cm³/mol. The minimum atomic E-state index is -0.702. The van der Waals surface area contributed by atoms with E-state index in [1.165, 1.54) is 30.3 Å². The number of nitrogens with zero attached hydrogens (tertiary/aromatic N) is 1. The van der Waals surface area contributed by atoms with E-state index >= 15 is 0 Å². The molecule has 0 saturated heterocycles. The maximum Gasteiger partial charge on any atom is 0.269 e. The number of halogens is 4. The van der Waals surface area contributed by atoms with E-state index < -0.39 is 11.5 Å². The van der Waals surface area contributed by atoms with E-state index in [1.807, 2.05) is 0 Å². The minimum Gasteiger partial charge on any atom is -0.330 e. The number of carbonyl (C=O) groups is 1. The van der Waals surface area contributed by atoms with Gasteiger partial charge in [-0.15, -0.1) is 0 Å². The lowest BCUT2D eigenvalue weighted by Crippen LogP contribution is -2.29. The van der Waals surface area contributed by atoms with Crippen molar-refractivity contribution in [1.82, 2.24) is 9.55 Å². The van der Waals surface area contributed by atoms with Gasteiger partial charge in [-0.2, -0.15) is 0 Å². The number of hydrogen-bond donors (Lipinski definition) is 1. The molecule has 0 spiro atoms. The number of aromatic amines is 1. The van der Waals surface area contributed by atoms with Crippen LogP contribution in [-0.2, 0) is 0 Å². The molecule has 1 N–H and O–H groups in total. The summed E-state index contributed by atoms with van der Waals surface area (Å²) in [5.41, 5.74) is -0.297. The van der Waals surface area contributed by atoms with Crippen LogP contribution in [-0.4, -0.2) is 15.5 Å². The second-order valence-corrected chi connectivity index (χ2v) is 6.88. The molecule has 0 aliphatic rings. The number of hydrogen-bond acceptors (Lipinski definition) is 3. The van der Waals surface area contributed by atoms with Crippen LogP contribution < -0.4 is 5.56 Å². The highest BCUT2D eigenvalue weighted by molar-refractivity contribution is 7.71. The molecule has 1 aromatic heterocycles. The Labute approximate surface area is 160 Å². The number of aromatic nitrogens is 2. The third kappa shape index (κ3) is 2.98. The van der Waals surface area contributed by atoms with Gasteiger partial charge in [0.2, 0.25) is 0 Å². The van der Waals surface area contributed by atoms with Crippen molar-refractivity contribution < 1.29 is 4.79 Å². The van der Waals surface area contributed by atoms with Gasteiger partial charge in [-0.05, 0) is 42.5 Å². The summed E-state index contributed by atoms with van der Waals surface area (Å²) in [4.78, 5) is 28.2. The van der Waals surface area contributed by atoms with Crippen molar-refractivity contribution in [3.05, 3.63) is 71.1 Å². The number of carbonyl (C=O) groups excluding carboxylic acids is 1. The molecule has 1 heterocycles. The molecular formula is C15H6Cl4N2O2S. The first-order valence-corrected chi connectivity index (χ1v) is 8.35. The first kappa shape index (κ1) is 17.5. The van der Waals surface area contributed by atoms with Gasteiger partial charge in [-0.3, -0.25) is 9.59 Å². The summed E-state index contributed by atoms with van der Waals surface area (Å²) in [7, 11) is 0. The predicted octanol–water partition coefficient (Wildman–Crippen LogP) is 5.36. The smallest absolute Gasteiger partial charge is 0.269 e. The van der Waals surface area contributed by atoms with E-state index in [4.69, 9.17) is 58.6 Å². The first-order chi connectivity index (χ1) is 11.3. The van der Waals surface area contributed by atoms with Crippen LogP contribution in [0.25, 0.3) is 10.9 Å². The van der Waals surface area contributed by atoms with E-state index in [-0.39, 0.29) is 30.8 Å². The lowest BCUT2D eigenvalue weighted by Gasteiger charge is -2.09. The fraction of sp³-hybridized carbons (Fsp3) is 0. The van der Waals surface area contributed by atoms with Crippen molar-refractivity contribution in [2.45, 2.75) is 0 Å². The topological polar surface area (TPSA) is 54.9 Å². The Balaban J connectivity index is 2.35. The maximum atomic E-state index is 12.7.